The molecule has 0 amide bonds. The van der Waals surface area contributed by atoms with Gasteiger partial charge in [0.1, 0.15) is 0 Å². The highest BCUT2D eigenvalue weighted by Gasteiger charge is 2.10. The molecule has 0 aliphatic rings. The van der Waals surface area contributed by atoms with Gasteiger partial charge in [-0.3, -0.25) is 0 Å². The van der Waals surface area contributed by atoms with Crippen molar-refractivity contribution in [2.24, 2.45) is 5.92 Å². The molecule has 0 saturated heterocycles. The van der Waals surface area contributed by atoms with Crippen molar-refractivity contribution in [1.29, 1.82) is 0 Å². The predicted molar refractivity (Wildman–Crippen MR) is 51.3 cm³/mol. The van der Waals surface area contributed by atoms with Crippen molar-refractivity contribution in [2.75, 3.05) is 13.2 Å². The Morgan fingerprint density at radius 2 is 2.23 bits per heavy atom. The van der Waals surface area contributed by atoms with Gasteiger partial charge in [0.15, 0.2) is 0 Å². The number of hydrogen-bond donors (Lipinski definition) is 1. The monoisotopic (exact) mass is 186 g/mol. The van der Waals surface area contributed by atoms with Gasteiger partial charge >= 0.3 is 5.97 Å². The summed E-state index contributed by atoms with van der Waals surface area (Å²) in [6.07, 6.45) is 1.86. The molecule has 0 spiro atoms. The number of aliphatic hydroxyl groups excluding tert-OH is 1. The Labute approximate surface area is 79.4 Å². The summed E-state index contributed by atoms with van der Waals surface area (Å²) in [5, 5.41) is 8.89. The molecule has 0 fully saturated rings. The molecule has 1 atom stereocenters. The molecule has 0 aromatic rings. The smallest absolute Gasteiger partial charge is 0.333 e. The van der Waals surface area contributed by atoms with Crippen molar-refractivity contribution in [3.05, 3.63) is 12.2 Å². The van der Waals surface area contributed by atoms with Crippen molar-refractivity contribution in [1.82, 2.24) is 0 Å². The molecule has 0 aliphatic heterocycles. The van der Waals surface area contributed by atoms with Gasteiger partial charge in [-0.05, 0) is 13.3 Å². The van der Waals surface area contributed by atoms with E-state index in [1.165, 1.54) is 0 Å². The third-order valence-electron chi connectivity index (χ3n) is 1.75. The van der Waals surface area contributed by atoms with Crippen LogP contribution in [0.15, 0.2) is 12.2 Å². The van der Waals surface area contributed by atoms with Gasteiger partial charge in [-0.25, -0.2) is 4.79 Å². The molecule has 76 valence electrons. The van der Waals surface area contributed by atoms with E-state index in [0.717, 1.165) is 12.8 Å². The molecule has 1 unspecified atom stereocenters. The Morgan fingerprint density at radius 1 is 1.62 bits per heavy atom. The summed E-state index contributed by atoms with van der Waals surface area (Å²) in [6, 6.07) is 0. The molecular weight excluding hydrogens is 168 g/mol. The summed E-state index contributed by atoms with van der Waals surface area (Å²) in [7, 11) is 0. The lowest BCUT2D eigenvalue weighted by molar-refractivity contribution is -0.140. The highest BCUT2D eigenvalue weighted by Crippen LogP contribution is 2.06. The molecule has 0 aliphatic carbocycles. The topological polar surface area (TPSA) is 46.5 Å². The van der Waals surface area contributed by atoms with Crippen molar-refractivity contribution < 1.29 is 14.6 Å². The lowest BCUT2D eigenvalue weighted by Gasteiger charge is -2.12. The summed E-state index contributed by atoms with van der Waals surface area (Å²) in [5.41, 5.74) is 0.396. The summed E-state index contributed by atoms with van der Waals surface area (Å²) in [6.45, 7) is 7.46. The fraction of sp³-hybridized carbons (Fsp3) is 0.700. The van der Waals surface area contributed by atoms with Crippen LogP contribution in [-0.2, 0) is 9.53 Å². The van der Waals surface area contributed by atoms with Gasteiger partial charge in [0.25, 0.3) is 0 Å². The van der Waals surface area contributed by atoms with Crippen LogP contribution in [0.3, 0.4) is 0 Å². The van der Waals surface area contributed by atoms with Crippen LogP contribution in [0, 0.1) is 5.92 Å². The number of carbonyl (C=O) groups is 1. The quantitative estimate of drug-likeness (QED) is 0.505. The van der Waals surface area contributed by atoms with Crippen molar-refractivity contribution >= 4 is 5.97 Å². The molecule has 3 nitrogen and oxygen atoms in total. The van der Waals surface area contributed by atoms with Crippen LogP contribution < -0.4 is 0 Å². The first-order chi connectivity index (χ1) is 6.11. The maximum atomic E-state index is 11.0. The third kappa shape index (κ3) is 5.42. The van der Waals surface area contributed by atoms with Crippen LogP contribution in [0.5, 0.6) is 0 Å². The second kappa shape index (κ2) is 6.66. The number of hydrogen-bond acceptors (Lipinski definition) is 3. The minimum Gasteiger partial charge on any atom is -0.462 e. The first-order valence-corrected chi connectivity index (χ1v) is 4.55. The Kier molecular flexibility index (Phi) is 6.24. The molecule has 0 heterocycles. The van der Waals surface area contributed by atoms with E-state index in [1.807, 2.05) is 6.92 Å². The molecule has 0 radical (unpaired) electrons. The molecule has 1 N–H and O–H groups in total. The van der Waals surface area contributed by atoms with Gasteiger partial charge in [-0.2, -0.15) is 0 Å². The predicted octanol–water partition coefficient (Wildman–Crippen LogP) is 1.51. The maximum Gasteiger partial charge on any atom is 0.333 e. The zero-order chi connectivity index (χ0) is 10.3. The van der Waals surface area contributed by atoms with Gasteiger partial charge < -0.3 is 9.84 Å². The summed E-state index contributed by atoms with van der Waals surface area (Å²) >= 11 is 0. The molecular formula is C10H18O3. The van der Waals surface area contributed by atoms with E-state index in [0.29, 0.717) is 5.57 Å². The first-order valence-electron chi connectivity index (χ1n) is 4.55. The molecule has 13 heavy (non-hydrogen) atoms. The van der Waals surface area contributed by atoms with E-state index in [4.69, 9.17) is 9.84 Å². The van der Waals surface area contributed by atoms with Crippen LogP contribution in [-0.4, -0.2) is 24.3 Å². The summed E-state index contributed by atoms with van der Waals surface area (Å²) in [4.78, 5) is 11.0. The number of carbonyl (C=O) groups excluding carboxylic acids is 1. The normalized spacial score (nSPS) is 12.2. The Bertz CT molecular complexity index is 175. The first kappa shape index (κ1) is 12.2. The number of esters is 1. The summed E-state index contributed by atoms with van der Waals surface area (Å²) in [5.74, 6) is -0.317. The molecule has 0 saturated carbocycles. The van der Waals surface area contributed by atoms with E-state index in [-0.39, 0.29) is 25.1 Å². The van der Waals surface area contributed by atoms with Crippen molar-refractivity contribution in [2.45, 2.75) is 26.7 Å². The van der Waals surface area contributed by atoms with Gasteiger partial charge in [-0.15, -0.1) is 0 Å². The van der Waals surface area contributed by atoms with Crippen molar-refractivity contribution in [3.63, 3.8) is 0 Å². The molecule has 0 rings (SSSR count). The average Bonchev–Trinajstić information content (AvgIpc) is 2.11. The number of ether oxygens (including phenoxy) is 1. The van der Waals surface area contributed by atoms with Crippen LogP contribution in [0.25, 0.3) is 0 Å². The summed E-state index contributed by atoms with van der Waals surface area (Å²) < 4.78 is 4.91. The fourth-order valence-corrected chi connectivity index (χ4v) is 0.952. The fourth-order valence-electron chi connectivity index (χ4n) is 0.952. The lowest BCUT2D eigenvalue weighted by atomic mass is 10.1. The van der Waals surface area contributed by atoms with Gasteiger partial charge in [0.05, 0.1) is 6.61 Å². The van der Waals surface area contributed by atoms with Crippen LogP contribution in [0.4, 0.5) is 0 Å². The Morgan fingerprint density at radius 3 is 2.62 bits per heavy atom. The third-order valence-corrected chi connectivity index (χ3v) is 1.75. The second-order valence-corrected chi connectivity index (χ2v) is 3.22. The van der Waals surface area contributed by atoms with Gasteiger partial charge in [-0.1, -0.05) is 19.9 Å². The number of aliphatic hydroxyl groups is 1. The van der Waals surface area contributed by atoms with E-state index in [2.05, 4.69) is 6.58 Å². The molecule has 0 aromatic carbocycles. The van der Waals surface area contributed by atoms with Crippen LogP contribution >= 0.6 is 0 Å². The molecule has 0 aromatic heterocycles. The van der Waals surface area contributed by atoms with Gasteiger partial charge in [0, 0.05) is 18.1 Å². The van der Waals surface area contributed by atoms with Crippen LogP contribution in [0.1, 0.15) is 26.7 Å². The van der Waals surface area contributed by atoms with E-state index < -0.39 is 0 Å². The zero-order valence-corrected chi connectivity index (χ0v) is 8.38. The zero-order valence-electron chi connectivity index (χ0n) is 8.38. The Hall–Kier alpha value is -0.830. The highest BCUT2D eigenvalue weighted by atomic mass is 16.5. The largest absolute Gasteiger partial charge is 0.462 e. The Balaban J connectivity index is 3.71. The standard InChI is InChI=1S/C10H18O3/c1-4-5-9(6-11)7-13-10(12)8(2)3/h9,11H,2,4-7H2,1,3H3. The lowest BCUT2D eigenvalue weighted by Crippen LogP contribution is -2.17. The SMILES string of the molecule is C=C(C)C(=O)OCC(CO)CCC. The molecule has 0 bridgehead atoms. The van der Waals surface area contributed by atoms with Crippen LogP contribution in [0.2, 0.25) is 0 Å². The maximum absolute atomic E-state index is 11.0. The average molecular weight is 186 g/mol. The van der Waals surface area contributed by atoms with Gasteiger partial charge in [0.2, 0.25) is 0 Å². The highest BCUT2D eigenvalue weighted by molar-refractivity contribution is 5.86. The van der Waals surface area contributed by atoms with E-state index in [1.54, 1.807) is 6.92 Å². The second-order valence-electron chi connectivity index (χ2n) is 3.22. The minimum atomic E-state index is -0.380. The molecule has 3 heteroatoms. The van der Waals surface area contributed by atoms with E-state index in [9.17, 15) is 4.79 Å². The van der Waals surface area contributed by atoms with Crippen molar-refractivity contribution in [3.8, 4) is 0 Å². The minimum absolute atomic E-state index is 0.0632. The number of rotatable bonds is 6. The van der Waals surface area contributed by atoms with E-state index >= 15 is 0 Å².